The first-order valence-electron chi connectivity index (χ1n) is 9.00. The molecule has 6 heteroatoms. The van der Waals surface area contributed by atoms with E-state index in [-0.39, 0.29) is 24.0 Å². The normalized spacial score (nSPS) is 11.4. The Kier molecular flexibility index (Phi) is 6.51. The van der Waals surface area contributed by atoms with Gasteiger partial charge in [-0.2, -0.15) is 0 Å². The fourth-order valence-corrected chi connectivity index (χ4v) is 3.27. The van der Waals surface area contributed by atoms with Gasteiger partial charge in [0.25, 0.3) is 0 Å². The predicted molar refractivity (Wildman–Crippen MR) is 125 cm³/mol. The number of guanidine groups is 1. The van der Waals surface area contributed by atoms with Crippen molar-refractivity contribution in [1.29, 1.82) is 0 Å². The van der Waals surface area contributed by atoms with Crippen LogP contribution in [0.25, 0.3) is 21.9 Å². The second-order valence-electron chi connectivity index (χ2n) is 6.41. The van der Waals surface area contributed by atoms with E-state index in [0.717, 1.165) is 39.2 Å². The molecule has 0 spiro atoms. The number of aryl methyl sites for hydroxylation is 1. The molecule has 4 aromatic rings. The van der Waals surface area contributed by atoms with Crippen LogP contribution in [0.2, 0.25) is 0 Å². The number of hydrogen-bond acceptors (Lipinski definition) is 3. The molecule has 28 heavy (non-hydrogen) atoms. The fourth-order valence-electron chi connectivity index (χ4n) is 3.27. The third-order valence-electron chi connectivity index (χ3n) is 4.77. The molecule has 0 aliphatic heterocycles. The van der Waals surface area contributed by atoms with Gasteiger partial charge in [-0.15, -0.1) is 24.0 Å². The topological polar surface area (TPSA) is 62.5 Å². The number of fused-ring (bicyclic) bond motifs is 2. The van der Waals surface area contributed by atoms with Gasteiger partial charge in [-0.05, 0) is 30.7 Å². The molecule has 0 saturated heterocycles. The molecule has 5 nitrogen and oxygen atoms in total. The number of hydrogen-bond donors (Lipinski definition) is 2. The van der Waals surface area contributed by atoms with Crippen LogP contribution in [0.3, 0.4) is 0 Å². The van der Waals surface area contributed by atoms with Gasteiger partial charge >= 0.3 is 0 Å². The van der Waals surface area contributed by atoms with Gasteiger partial charge in [0.2, 0.25) is 0 Å². The van der Waals surface area contributed by atoms with Crippen molar-refractivity contribution in [3.63, 3.8) is 0 Å². The molecule has 0 saturated carbocycles. The molecule has 2 aromatic heterocycles. The lowest BCUT2D eigenvalue weighted by Crippen LogP contribution is -2.36. The minimum absolute atomic E-state index is 0. The molecule has 0 radical (unpaired) electrons. The summed E-state index contributed by atoms with van der Waals surface area (Å²) in [6.45, 7) is 3.33. The van der Waals surface area contributed by atoms with E-state index in [2.05, 4.69) is 39.7 Å². The molecule has 2 heterocycles. The van der Waals surface area contributed by atoms with Crippen LogP contribution in [-0.2, 0) is 13.1 Å². The molecule has 2 N–H and O–H groups in total. The molecule has 0 unspecified atom stereocenters. The highest BCUT2D eigenvalue weighted by atomic mass is 127. The number of halogens is 1. The Hall–Kier alpha value is -2.61. The number of benzene rings is 2. The smallest absolute Gasteiger partial charge is 0.191 e. The van der Waals surface area contributed by atoms with E-state index in [1.807, 2.05) is 48.7 Å². The molecule has 0 amide bonds. The summed E-state index contributed by atoms with van der Waals surface area (Å²) in [4.78, 5) is 8.73. The fraction of sp³-hybridized carbons (Fsp3) is 0.182. The van der Waals surface area contributed by atoms with Crippen LogP contribution in [0, 0.1) is 6.92 Å². The van der Waals surface area contributed by atoms with Gasteiger partial charge in [-0.3, -0.25) is 9.98 Å². The monoisotopic (exact) mass is 486 g/mol. The predicted octanol–water partition coefficient (Wildman–Crippen LogP) is 4.77. The number of para-hydroxylation sites is 2. The largest absolute Gasteiger partial charge is 0.459 e. The molecule has 0 aliphatic carbocycles. The number of nitrogens with one attached hydrogen (secondary N) is 2. The summed E-state index contributed by atoms with van der Waals surface area (Å²) in [6.07, 6.45) is 1.84. The SMILES string of the molecule is CN=C(NCc1oc2ccccc2c1C)NCc1ccnc2ccccc12.I. The van der Waals surface area contributed by atoms with E-state index in [0.29, 0.717) is 13.1 Å². The summed E-state index contributed by atoms with van der Waals surface area (Å²) >= 11 is 0. The lowest BCUT2D eigenvalue weighted by atomic mass is 10.1. The van der Waals surface area contributed by atoms with Gasteiger partial charge in [0, 0.05) is 36.1 Å². The van der Waals surface area contributed by atoms with Crippen molar-refractivity contribution in [2.75, 3.05) is 7.05 Å². The Labute approximate surface area is 181 Å². The maximum Gasteiger partial charge on any atom is 0.191 e. The van der Waals surface area contributed by atoms with Gasteiger partial charge in [0.1, 0.15) is 11.3 Å². The van der Waals surface area contributed by atoms with Gasteiger partial charge in [-0.25, -0.2) is 0 Å². The van der Waals surface area contributed by atoms with Crippen molar-refractivity contribution >= 4 is 51.8 Å². The lowest BCUT2D eigenvalue weighted by molar-refractivity contribution is 0.534. The number of pyridine rings is 1. The zero-order valence-electron chi connectivity index (χ0n) is 15.9. The first kappa shape index (κ1) is 20.1. The van der Waals surface area contributed by atoms with Crippen molar-refractivity contribution in [3.05, 3.63) is 77.7 Å². The quantitative estimate of drug-likeness (QED) is 0.248. The molecule has 2 aromatic carbocycles. The minimum atomic E-state index is 0. The zero-order chi connectivity index (χ0) is 18.6. The van der Waals surface area contributed by atoms with E-state index in [1.54, 1.807) is 7.05 Å². The van der Waals surface area contributed by atoms with E-state index < -0.39 is 0 Å². The maximum atomic E-state index is 5.96. The third kappa shape index (κ3) is 4.11. The molecular weight excluding hydrogens is 463 g/mol. The van der Waals surface area contributed by atoms with Crippen LogP contribution in [0.4, 0.5) is 0 Å². The number of aliphatic imine (C=N–C) groups is 1. The zero-order valence-corrected chi connectivity index (χ0v) is 18.2. The Morgan fingerprint density at radius 1 is 0.964 bits per heavy atom. The molecule has 0 fully saturated rings. The maximum absolute atomic E-state index is 5.96. The number of nitrogens with zero attached hydrogens (tertiary/aromatic N) is 2. The minimum Gasteiger partial charge on any atom is -0.459 e. The Bertz CT molecular complexity index is 1110. The highest BCUT2D eigenvalue weighted by molar-refractivity contribution is 14.0. The van der Waals surface area contributed by atoms with Crippen molar-refractivity contribution in [3.8, 4) is 0 Å². The highest BCUT2D eigenvalue weighted by Gasteiger charge is 2.10. The van der Waals surface area contributed by atoms with Crippen molar-refractivity contribution in [1.82, 2.24) is 15.6 Å². The summed E-state index contributed by atoms with van der Waals surface area (Å²) in [5.74, 6) is 1.66. The van der Waals surface area contributed by atoms with E-state index >= 15 is 0 Å². The molecule has 0 bridgehead atoms. The molecular formula is C22H23IN4O. The van der Waals surface area contributed by atoms with Gasteiger partial charge in [-0.1, -0.05) is 36.4 Å². The van der Waals surface area contributed by atoms with Gasteiger partial charge < -0.3 is 15.1 Å². The summed E-state index contributed by atoms with van der Waals surface area (Å²) in [7, 11) is 1.77. The van der Waals surface area contributed by atoms with E-state index in [1.165, 1.54) is 5.56 Å². The average Bonchev–Trinajstić information content (AvgIpc) is 3.04. The Balaban J connectivity index is 0.00000225. The van der Waals surface area contributed by atoms with Gasteiger partial charge in [0.05, 0.1) is 12.1 Å². The lowest BCUT2D eigenvalue weighted by Gasteiger charge is -2.12. The van der Waals surface area contributed by atoms with Crippen LogP contribution >= 0.6 is 24.0 Å². The highest BCUT2D eigenvalue weighted by Crippen LogP contribution is 2.24. The van der Waals surface area contributed by atoms with Gasteiger partial charge in [0.15, 0.2) is 5.96 Å². The van der Waals surface area contributed by atoms with Crippen molar-refractivity contribution < 1.29 is 4.42 Å². The average molecular weight is 486 g/mol. The first-order valence-corrected chi connectivity index (χ1v) is 9.00. The number of rotatable bonds is 4. The van der Waals surface area contributed by atoms with Crippen LogP contribution in [0.5, 0.6) is 0 Å². The summed E-state index contributed by atoms with van der Waals surface area (Å²) in [6, 6.07) is 18.3. The van der Waals surface area contributed by atoms with E-state index in [4.69, 9.17) is 4.42 Å². The van der Waals surface area contributed by atoms with Crippen molar-refractivity contribution in [2.24, 2.45) is 4.99 Å². The first-order chi connectivity index (χ1) is 13.3. The Morgan fingerprint density at radius 2 is 1.68 bits per heavy atom. The molecule has 0 atom stereocenters. The van der Waals surface area contributed by atoms with E-state index in [9.17, 15) is 0 Å². The second-order valence-corrected chi connectivity index (χ2v) is 6.41. The van der Waals surface area contributed by atoms with Crippen LogP contribution in [0.1, 0.15) is 16.9 Å². The summed E-state index contributed by atoms with van der Waals surface area (Å²) < 4.78 is 5.96. The second kappa shape index (κ2) is 9.05. The number of aromatic nitrogens is 1. The standard InChI is InChI=1S/C22H22N4O.HI/c1-15-17-7-4-6-10-20(17)27-21(15)14-26-22(23-2)25-13-16-11-12-24-19-9-5-3-8-18(16)19;/h3-12H,13-14H2,1-2H3,(H2,23,25,26);1H. The number of furan rings is 1. The van der Waals surface area contributed by atoms with Crippen LogP contribution in [-0.4, -0.2) is 18.0 Å². The van der Waals surface area contributed by atoms with Crippen LogP contribution < -0.4 is 10.6 Å². The Morgan fingerprint density at radius 3 is 2.46 bits per heavy atom. The van der Waals surface area contributed by atoms with Crippen molar-refractivity contribution in [2.45, 2.75) is 20.0 Å². The molecule has 0 aliphatic rings. The molecule has 4 rings (SSSR count). The third-order valence-corrected chi connectivity index (χ3v) is 4.77. The summed E-state index contributed by atoms with van der Waals surface area (Å²) in [5.41, 5.74) is 4.26. The molecule has 144 valence electrons. The van der Waals surface area contributed by atoms with Crippen LogP contribution in [0.15, 0.2) is 70.2 Å². The summed E-state index contributed by atoms with van der Waals surface area (Å²) in [5, 5.41) is 9.01.